The Hall–Kier alpha value is -2.92. The number of hydrogen-bond acceptors (Lipinski definition) is 4. The Balaban J connectivity index is 1.52. The Bertz CT molecular complexity index is 1090. The number of ether oxygens (including phenoxy) is 1. The van der Waals surface area contributed by atoms with Crippen molar-refractivity contribution in [3.63, 3.8) is 0 Å². The number of carbonyl (C=O) groups is 1. The number of aromatic nitrogens is 1. The van der Waals surface area contributed by atoms with Gasteiger partial charge in [0.15, 0.2) is 0 Å². The number of para-hydroxylation sites is 1. The molecule has 4 aromatic rings. The molecule has 0 atom stereocenters. The first kappa shape index (κ1) is 16.5. The molecule has 4 rings (SSSR count). The molecule has 5 heteroatoms. The molecule has 2 aromatic heterocycles. The zero-order valence-electron chi connectivity index (χ0n) is 14.4. The van der Waals surface area contributed by atoms with Gasteiger partial charge in [-0.25, -0.2) is 4.98 Å². The number of nitrogens with zero attached hydrogens (tertiary/aromatic N) is 1. The molecule has 26 heavy (non-hydrogen) atoms. The summed E-state index contributed by atoms with van der Waals surface area (Å²) in [5, 5.41) is 4.96. The van der Waals surface area contributed by atoms with Crippen molar-refractivity contribution in [3.05, 3.63) is 71.2 Å². The van der Waals surface area contributed by atoms with Gasteiger partial charge in [-0.1, -0.05) is 24.3 Å². The zero-order valence-corrected chi connectivity index (χ0v) is 15.2. The Kier molecular flexibility index (Phi) is 4.54. The van der Waals surface area contributed by atoms with Crippen LogP contribution in [-0.4, -0.2) is 17.4 Å². The Morgan fingerprint density at radius 3 is 2.85 bits per heavy atom. The Morgan fingerprint density at radius 1 is 1.08 bits per heavy atom. The molecular formula is C21H18N2O2S. The average molecular weight is 362 g/mol. The van der Waals surface area contributed by atoms with Gasteiger partial charge in [0.2, 0.25) is 0 Å². The number of benzene rings is 2. The van der Waals surface area contributed by atoms with Crippen molar-refractivity contribution in [1.82, 2.24) is 10.3 Å². The summed E-state index contributed by atoms with van der Waals surface area (Å²) in [6.45, 7) is 2.95. The predicted molar refractivity (Wildman–Crippen MR) is 106 cm³/mol. The van der Waals surface area contributed by atoms with Gasteiger partial charge >= 0.3 is 0 Å². The van der Waals surface area contributed by atoms with Crippen LogP contribution in [0.25, 0.3) is 21.0 Å². The second kappa shape index (κ2) is 7.14. The van der Waals surface area contributed by atoms with Gasteiger partial charge in [-0.15, -0.1) is 11.3 Å². The molecule has 0 bridgehead atoms. The summed E-state index contributed by atoms with van der Waals surface area (Å²) >= 11 is 1.49. The fourth-order valence-electron chi connectivity index (χ4n) is 2.82. The van der Waals surface area contributed by atoms with E-state index in [1.807, 2.05) is 61.5 Å². The number of carbonyl (C=O) groups excluding carboxylic acids is 1. The van der Waals surface area contributed by atoms with Gasteiger partial charge in [0, 0.05) is 16.6 Å². The number of pyridine rings is 1. The van der Waals surface area contributed by atoms with Gasteiger partial charge < -0.3 is 10.1 Å². The fraction of sp³-hybridized carbons (Fsp3) is 0.143. The number of thiophene rings is 1. The Labute approximate surface area is 155 Å². The molecule has 1 amide bonds. The zero-order chi connectivity index (χ0) is 17.9. The average Bonchev–Trinajstić information content (AvgIpc) is 3.10. The van der Waals surface area contributed by atoms with Crippen molar-refractivity contribution in [2.45, 2.75) is 13.5 Å². The fourth-order valence-corrected chi connectivity index (χ4v) is 3.78. The lowest BCUT2D eigenvalue weighted by atomic mass is 10.2. The van der Waals surface area contributed by atoms with Gasteiger partial charge in [0.25, 0.3) is 5.91 Å². The van der Waals surface area contributed by atoms with Gasteiger partial charge in [0.05, 0.1) is 16.1 Å². The molecule has 0 saturated heterocycles. The molecule has 0 aliphatic heterocycles. The van der Waals surface area contributed by atoms with E-state index in [4.69, 9.17) is 4.74 Å². The monoisotopic (exact) mass is 362 g/mol. The first-order chi connectivity index (χ1) is 12.7. The molecule has 1 N–H and O–H groups in total. The van der Waals surface area contributed by atoms with Crippen molar-refractivity contribution in [2.75, 3.05) is 6.54 Å². The third kappa shape index (κ3) is 3.39. The van der Waals surface area contributed by atoms with Crippen molar-refractivity contribution < 1.29 is 9.53 Å². The van der Waals surface area contributed by atoms with Crippen LogP contribution in [-0.2, 0) is 6.61 Å². The highest BCUT2D eigenvalue weighted by molar-refractivity contribution is 7.20. The van der Waals surface area contributed by atoms with E-state index in [-0.39, 0.29) is 5.91 Å². The van der Waals surface area contributed by atoms with E-state index in [0.29, 0.717) is 13.2 Å². The van der Waals surface area contributed by atoms with Crippen LogP contribution in [0.2, 0.25) is 0 Å². The topological polar surface area (TPSA) is 51.2 Å². The van der Waals surface area contributed by atoms with Gasteiger partial charge in [0.1, 0.15) is 12.4 Å². The standard InChI is InChI=1S/C21H18N2O2S/c1-2-22-21(24)20-12-15-11-17(9-10-19(15)26-20)25-13-16-8-7-14-5-3-4-6-18(14)23-16/h3-12H,2,13H2,1H3,(H,22,24). The Morgan fingerprint density at radius 2 is 1.96 bits per heavy atom. The predicted octanol–water partition coefficient (Wildman–Crippen LogP) is 4.78. The minimum atomic E-state index is -0.0310. The summed E-state index contributed by atoms with van der Waals surface area (Å²) in [4.78, 5) is 17.3. The molecule has 0 aliphatic rings. The molecule has 0 saturated carbocycles. The second-order valence-corrected chi connectivity index (χ2v) is 7.04. The third-order valence-corrected chi connectivity index (χ3v) is 5.21. The molecule has 2 heterocycles. The van der Waals surface area contributed by atoms with Crippen LogP contribution in [0, 0.1) is 0 Å². The summed E-state index contributed by atoms with van der Waals surface area (Å²) in [6, 6.07) is 19.9. The van der Waals surface area contributed by atoms with Crippen LogP contribution in [0.4, 0.5) is 0 Å². The molecule has 4 nitrogen and oxygen atoms in total. The second-order valence-electron chi connectivity index (χ2n) is 5.95. The summed E-state index contributed by atoms with van der Waals surface area (Å²) in [6.07, 6.45) is 0. The summed E-state index contributed by atoms with van der Waals surface area (Å²) in [7, 11) is 0. The molecule has 0 unspecified atom stereocenters. The highest BCUT2D eigenvalue weighted by Gasteiger charge is 2.10. The quantitative estimate of drug-likeness (QED) is 0.556. The largest absolute Gasteiger partial charge is 0.487 e. The van der Waals surface area contributed by atoms with E-state index in [9.17, 15) is 4.79 Å². The minimum Gasteiger partial charge on any atom is -0.487 e. The van der Waals surface area contributed by atoms with Crippen LogP contribution in [0.3, 0.4) is 0 Å². The highest BCUT2D eigenvalue weighted by atomic mass is 32.1. The molecule has 2 aromatic carbocycles. The number of amides is 1. The lowest BCUT2D eigenvalue weighted by Gasteiger charge is -2.07. The molecular weight excluding hydrogens is 344 g/mol. The SMILES string of the molecule is CCNC(=O)c1cc2cc(OCc3ccc4ccccc4n3)ccc2s1. The van der Waals surface area contributed by atoms with E-state index < -0.39 is 0 Å². The first-order valence-corrected chi connectivity index (χ1v) is 9.34. The third-order valence-electron chi connectivity index (χ3n) is 4.09. The van der Waals surface area contributed by atoms with E-state index in [1.54, 1.807) is 0 Å². The maximum Gasteiger partial charge on any atom is 0.261 e. The lowest BCUT2D eigenvalue weighted by molar-refractivity contribution is 0.0960. The van der Waals surface area contributed by atoms with E-state index in [0.717, 1.165) is 37.3 Å². The smallest absolute Gasteiger partial charge is 0.261 e. The molecule has 0 radical (unpaired) electrons. The molecule has 130 valence electrons. The van der Waals surface area contributed by atoms with Crippen molar-refractivity contribution in [1.29, 1.82) is 0 Å². The molecule has 0 fully saturated rings. The number of rotatable bonds is 5. The lowest BCUT2D eigenvalue weighted by Crippen LogP contribution is -2.21. The van der Waals surface area contributed by atoms with E-state index in [1.165, 1.54) is 11.3 Å². The van der Waals surface area contributed by atoms with Crippen LogP contribution < -0.4 is 10.1 Å². The summed E-state index contributed by atoms with van der Waals surface area (Å²) in [5.74, 6) is 0.740. The van der Waals surface area contributed by atoms with Crippen LogP contribution in [0.15, 0.2) is 60.7 Å². The first-order valence-electron chi connectivity index (χ1n) is 8.52. The van der Waals surface area contributed by atoms with Crippen LogP contribution in [0.1, 0.15) is 22.3 Å². The summed E-state index contributed by atoms with van der Waals surface area (Å²) < 4.78 is 6.98. The highest BCUT2D eigenvalue weighted by Crippen LogP contribution is 2.29. The number of nitrogens with one attached hydrogen (secondary N) is 1. The minimum absolute atomic E-state index is 0.0310. The number of fused-ring (bicyclic) bond motifs is 2. The van der Waals surface area contributed by atoms with E-state index in [2.05, 4.69) is 16.4 Å². The maximum atomic E-state index is 12.0. The number of hydrogen-bond donors (Lipinski definition) is 1. The maximum absolute atomic E-state index is 12.0. The van der Waals surface area contributed by atoms with Gasteiger partial charge in [-0.3, -0.25) is 4.79 Å². The van der Waals surface area contributed by atoms with Crippen LogP contribution in [0.5, 0.6) is 5.75 Å². The summed E-state index contributed by atoms with van der Waals surface area (Å²) in [5.41, 5.74) is 1.85. The van der Waals surface area contributed by atoms with Crippen LogP contribution >= 0.6 is 11.3 Å². The van der Waals surface area contributed by atoms with E-state index >= 15 is 0 Å². The molecule has 0 aliphatic carbocycles. The normalized spacial score (nSPS) is 11.0. The van der Waals surface area contributed by atoms with Crippen molar-refractivity contribution in [2.24, 2.45) is 0 Å². The van der Waals surface area contributed by atoms with Crippen molar-refractivity contribution in [3.8, 4) is 5.75 Å². The van der Waals surface area contributed by atoms with Crippen molar-refractivity contribution >= 4 is 38.2 Å². The molecule has 0 spiro atoms. The van der Waals surface area contributed by atoms with Gasteiger partial charge in [-0.05, 0) is 48.7 Å². The van der Waals surface area contributed by atoms with Gasteiger partial charge in [-0.2, -0.15) is 0 Å².